The maximum Gasteiger partial charge on any atom is 0.102 e. The molecule has 2 saturated carbocycles. The van der Waals surface area contributed by atoms with Gasteiger partial charge in [0.15, 0.2) is 0 Å². The number of para-hydroxylation sites is 2. The molecule has 6 nitrogen and oxygen atoms in total. The van der Waals surface area contributed by atoms with Crippen LogP contribution in [0, 0.1) is 11.8 Å². The lowest BCUT2D eigenvalue weighted by atomic mass is 9.56. The molecule has 252 valence electrons. The summed E-state index contributed by atoms with van der Waals surface area (Å²) >= 11 is 0. The number of fused-ring (bicyclic) bond motifs is 8. The van der Waals surface area contributed by atoms with Crippen LogP contribution in [0.4, 0.5) is 11.4 Å². The molecule has 7 heterocycles. The Morgan fingerprint density at radius 3 is 1.52 bits per heavy atom. The standard InChI is InChI=1S/C40H46N4O2.2ClH/c1-43-15-13-39-31-7-3-5-9-33(31)41-22-30-28-20-36-40(14-16-44(36,2)24-26(28)12-18-46)32-8-4-6-10-34(32)42(38(30)40)21-29(37(39)41)27(19-35(39)43)25(23-43)11-17-45;;/h3-12,21-22,27-28,35-38,45-46H,13-20,23-24H2,1-2H3;2*1H/q+2;;/p-2. The van der Waals surface area contributed by atoms with Gasteiger partial charge in [0.2, 0.25) is 0 Å². The monoisotopic (exact) mass is 684 g/mol. The molecule has 2 N–H and O–H groups in total. The highest BCUT2D eigenvalue weighted by Crippen LogP contribution is 2.69. The highest BCUT2D eigenvalue weighted by molar-refractivity contribution is 5.77. The molecule has 2 aliphatic carbocycles. The molecular formula is C40H46Cl2N4O2. The van der Waals surface area contributed by atoms with Crippen LogP contribution in [0.3, 0.4) is 0 Å². The molecule has 9 aliphatic rings. The fourth-order valence-corrected chi connectivity index (χ4v) is 13.8. The van der Waals surface area contributed by atoms with Crippen LogP contribution in [0.25, 0.3) is 0 Å². The molecule has 10 atom stereocenters. The molecule has 4 saturated heterocycles. The molecule has 2 aromatic rings. The Morgan fingerprint density at radius 1 is 0.688 bits per heavy atom. The topological polar surface area (TPSA) is 46.9 Å². The maximum absolute atomic E-state index is 10.3. The van der Waals surface area contributed by atoms with Crippen LogP contribution >= 0.6 is 0 Å². The number of rotatable bonds is 2. The largest absolute Gasteiger partial charge is 1.00 e. The van der Waals surface area contributed by atoms with Crippen molar-refractivity contribution >= 4 is 11.4 Å². The van der Waals surface area contributed by atoms with Crippen LogP contribution in [-0.4, -0.2) is 96.8 Å². The highest BCUT2D eigenvalue weighted by Gasteiger charge is 2.74. The lowest BCUT2D eigenvalue weighted by Crippen LogP contribution is -3.00. The Hall–Kier alpha value is -2.58. The number of likely N-dealkylation sites (N-methyl/N-ethyl adjacent to an activating group) is 2. The molecule has 0 amide bonds. The fourth-order valence-electron chi connectivity index (χ4n) is 13.8. The number of anilines is 2. The van der Waals surface area contributed by atoms with Crippen LogP contribution in [0.5, 0.6) is 0 Å². The Labute approximate surface area is 296 Å². The van der Waals surface area contributed by atoms with Gasteiger partial charge >= 0.3 is 0 Å². The summed E-state index contributed by atoms with van der Waals surface area (Å²) in [5.41, 5.74) is 12.1. The van der Waals surface area contributed by atoms with E-state index in [0.29, 0.717) is 23.9 Å². The van der Waals surface area contributed by atoms with Crippen molar-refractivity contribution < 1.29 is 44.0 Å². The molecule has 8 heteroatoms. The summed E-state index contributed by atoms with van der Waals surface area (Å²) in [7, 11) is 5.01. The second-order valence-electron chi connectivity index (χ2n) is 16.7. The molecule has 0 radical (unpaired) electrons. The summed E-state index contributed by atoms with van der Waals surface area (Å²) in [6, 6.07) is 20.5. The van der Waals surface area contributed by atoms with Crippen LogP contribution < -0.4 is 34.6 Å². The number of hydrogen-bond acceptors (Lipinski definition) is 4. The van der Waals surface area contributed by atoms with Gasteiger partial charge in [-0.25, -0.2) is 0 Å². The number of hydrogen-bond donors (Lipinski definition) is 2. The average Bonchev–Trinajstić information content (AvgIpc) is 3.73. The van der Waals surface area contributed by atoms with Crippen molar-refractivity contribution in [2.75, 3.05) is 63.3 Å². The Bertz CT molecular complexity index is 1740. The van der Waals surface area contributed by atoms with Crippen molar-refractivity contribution in [1.82, 2.24) is 0 Å². The molecule has 11 rings (SSSR count). The van der Waals surface area contributed by atoms with Gasteiger partial charge in [0.25, 0.3) is 0 Å². The van der Waals surface area contributed by atoms with Crippen LogP contribution in [-0.2, 0) is 10.8 Å². The average molecular weight is 686 g/mol. The molecule has 10 unspecified atom stereocenters. The molecule has 4 bridgehead atoms. The van der Waals surface area contributed by atoms with Crippen molar-refractivity contribution in [3.05, 3.63) is 107 Å². The van der Waals surface area contributed by atoms with E-state index >= 15 is 0 Å². The van der Waals surface area contributed by atoms with Gasteiger partial charge in [-0.1, -0.05) is 48.6 Å². The highest BCUT2D eigenvalue weighted by atomic mass is 35.5. The summed E-state index contributed by atoms with van der Waals surface area (Å²) < 4.78 is 2.18. The number of nitrogens with zero attached hydrogens (tertiary/aromatic N) is 4. The molecule has 2 spiro atoms. The van der Waals surface area contributed by atoms with E-state index in [0.717, 1.165) is 34.9 Å². The first-order chi connectivity index (χ1) is 22.4. The molecule has 2 aromatic carbocycles. The number of benzene rings is 2. The first-order valence-electron chi connectivity index (χ1n) is 17.8. The van der Waals surface area contributed by atoms with Gasteiger partial charge < -0.3 is 53.8 Å². The van der Waals surface area contributed by atoms with Gasteiger partial charge in [0.1, 0.15) is 25.2 Å². The first-order valence-corrected chi connectivity index (χ1v) is 17.8. The van der Waals surface area contributed by atoms with Gasteiger partial charge in [-0.3, -0.25) is 0 Å². The molecule has 48 heavy (non-hydrogen) atoms. The third kappa shape index (κ3) is 3.32. The predicted molar refractivity (Wildman–Crippen MR) is 180 cm³/mol. The van der Waals surface area contributed by atoms with E-state index in [1.165, 1.54) is 48.5 Å². The smallest absolute Gasteiger partial charge is 0.102 e. The van der Waals surface area contributed by atoms with Crippen LogP contribution in [0.2, 0.25) is 0 Å². The Kier molecular flexibility index (Phi) is 6.56. The van der Waals surface area contributed by atoms with Gasteiger partial charge in [-0.2, -0.15) is 0 Å². The summed E-state index contributed by atoms with van der Waals surface area (Å²) in [6.45, 7) is 4.70. The van der Waals surface area contributed by atoms with E-state index in [9.17, 15) is 10.2 Å². The summed E-state index contributed by atoms with van der Waals surface area (Å²) in [4.78, 5) is 5.55. The third-order valence-electron chi connectivity index (χ3n) is 15.3. The molecule has 0 aromatic heterocycles. The summed E-state index contributed by atoms with van der Waals surface area (Å²) in [5.74, 6) is 0.709. The number of piperidine rings is 2. The van der Waals surface area contributed by atoms with E-state index in [1.54, 1.807) is 22.3 Å². The van der Waals surface area contributed by atoms with E-state index in [1.807, 2.05) is 0 Å². The lowest BCUT2D eigenvalue weighted by molar-refractivity contribution is -0.924. The summed E-state index contributed by atoms with van der Waals surface area (Å²) in [6.07, 6.45) is 14.4. The zero-order chi connectivity index (χ0) is 30.8. The van der Waals surface area contributed by atoms with Crippen LogP contribution in [0.1, 0.15) is 36.8 Å². The van der Waals surface area contributed by atoms with Crippen LogP contribution in [0.15, 0.2) is 95.4 Å². The van der Waals surface area contributed by atoms with E-state index < -0.39 is 0 Å². The van der Waals surface area contributed by atoms with E-state index in [2.05, 4.69) is 97.0 Å². The SMILES string of the molecule is C[N+]12CCC34c5ccccc5N5C=C6C7CC8C9(CC[N+]8(C)CC7=CCO)c7ccccc7N(C=C(C(CC31)C(=CCO)C2)C54)C69.[Cl-].[Cl-]. The predicted octanol–water partition coefficient (Wildman–Crippen LogP) is -1.63. The van der Waals surface area contributed by atoms with Crippen molar-refractivity contribution in [2.45, 2.75) is 60.7 Å². The van der Waals surface area contributed by atoms with Gasteiger partial charge in [0.05, 0.1) is 63.3 Å². The zero-order valence-electron chi connectivity index (χ0n) is 27.9. The third-order valence-corrected chi connectivity index (χ3v) is 15.3. The minimum atomic E-state index is 0. The maximum atomic E-state index is 10.3. The van der Waals surface area contributed by atoms with Crippen molar-refractivity contribution in [3.8, 4) is 0 Å². The van der Waals surface area contributed by atoms with Gasteiger partial charge in [0, 0.05) is 61.3 Å². The number of aliphatic hydroxyl groups is 2. The molecule has 7 aliphatic heterocycles. The normalized spacial score (nSPS) is 44.4. The van der Waals surface area contributed by atoms with Gasteiger partial charge in [-0.05, 0) is 45.6 Å². The Morgan fingerprint density at radius 2 is 1.10 bits per heavy atom. The number of aliphatic hydroxyl groups excluding tert-OH is 2. The number of quaternary nitrogens is 2. The fraction of sp³-hybridized carbons (Fsp3) is 0.500. The van der Waals surface area contributed by atoms with Crippen molar-refractivity contribution in [2.24, 2.45) is 11.8 Å². The minimum Gasteiger partial charge on any atom is -1.00 e. The second-order valence-corrected chi connectivity index (χ2v) is 16.7. The second kappa shape index (κ2) is 10.0. The zero-order valence-corrected chi connectivity index (χ0v) is 29.4. The van der Waals surface area contributed by atoms with E-state index in [4.69, 9.17) is 0 Å². The summed E-state index contributed by atoms with van der Waals surface area (Å²) in [5, 5.41) is 20.6. The molecular weight excluding hydrogens is 639 g/mol. The first kappa shape index (κ1) is 31.4. The minimum absolute atomic E-state index is 0. The van der Waals surface area contributed by atoms with Gasteiger partial charge in [-0.15, -0.1) is 0 Å². The quantitative estimate of drug-likeness (QED) is 0.295. The Balaban J connectivity index is 0.00000157. The molecule has 6 fully saturated rings. The van der Waals surface area contributed by atoms with Crippen molar-refractivity contribution in [1.29, 1.82) is 0 Å². The lowest BCUT2D eigenvalue weighted by Gasteiger charge is -2.58. The number of halogens is 2. The van der Waals surface area contributed by atoms with Crippen molar-refractivity contribution in [3.63, 3.8) is 0 Å². The van der Waals surface area contributed by atoms with E-state index in [-0.39, 0.29) is 60.9 Å².